The molecule has 1 fully saturated rings. The molecule has 0 spiro atoms. The molecule has 3 aromatic rings. The highest BCUT2D eigenvalue weighted by Crippen LogP contribution is 2.31. The summed E-state index contributed by atoms with van der Waals surface area (Å²) in [6.07, 6.45) is 1.43. The number of hydrogen-bond acceptors (Lipinski definition) is 7. The standard InChI is InChI=1S/C24H30N6O4/c1-32-18-6-4-16(5-7-18)15-30-24(26-27-28-30)22(29-12-10-17(11-13-29)23(25)31)20-14-19(33-2)8-9-21(20)34-3/h4-9,14,17,22H,10-13,15H2,1-3H3,(H2,25,31)/p+1/t22-/m0/s1. The van der Waals surface area contributed by atoms with Crippen LogP contribution in [0.3, 0.4) is 0 Å². The van der Waals surface area contributed by atoms with Crippen LogP contribution in [0.1, 0.15) is 35.8 Å². The van der Waals surface area contributed by atoms with Gasteiger partial charge in [0.2, 0.25) is 11.7 Å². The van der Waals surface area contributed by atoms with Crippen LogP contribution in [-0.4, -0.2) is 60.5 Å². The number of amides is 1. The molecule has 1 aromatic heterocycles. The van der Waals surface area contributed by atoms with E-state index in [1.165, 1.54) is 4.90 Å². The van der Waals surface area contributed by atoms with Gasteiger partial charge in [0.05, 0.1) is 46.5 Å². The van der Waals surface area contributed by atoms with E-state index in [1.54, 1.807) is 21.3 Å². The van der Waals surface area contributed by atoms with E-state index in [2.05, 4.69) is 15.5 Å². The maximum atomic E-state index is 11.7. The van der Waals surface area contributed by atoms with Gasteiger partial charge in [-0.3, -0.25) is 4.79 Å². The average Bonchev–Trinajstić information content (AvgIpc) is 3.32. The number of nitrogens with zero attached hydrogens (tertiary/aromatic N) is 4. The highest BCUT2D eigenvalue weighted by atomic mass is 16.5. The number of tetrazole rings is 1. The molecular formula is C24H31N6O4+. The van der Waals surface area contributed by atoms with Gasteiger partial charge in [-0.15, -0.1) is 5.10 Å². The second-order valence-electron chi connectivity index (χ2n) is 8.42. The number of likely N-dealkylation sites (tertiary alicyclic amines) is 1. The molecule has 0 aliphatic carbocycles. The van der Waals surface area contributed by atoms with E-state index >= 15 is 0 Å². The molecule has 0 unspecified atom stereocenters. The third kappa shape index (κ3) is 4.96. The molecular weight excluding hydrogens is 436 g/mol. The first-order valence-electron chi connectivity index (χ1n) is 11.3. The van der Waals surface area contributed by atoms with Gasteiger partial charge in [0.1, 0.15) is 17.2 Å². The summed E-state index contributed by atoms with van der Waals surface area (Å²) in [6, 6.07) is 13.4. The van der Waals surface area contributed by atoms with Crippen molar-refractivity contribution in [2.75, 3.05) is 34.4 Å². The molecule has 10 nitrogen and oxygen atoms in total. The van der Waals surface area contributed by atoms with E-state index in [-0.39, 0.29) is 17.9 Å². The third-order valence-electron chi connectivity index (χ3n) is 6.50. The molecule has 3 N–H and O–H groups in total. The Hall–Kier alpha value is -3.66. The lowest BCUT2D eigenvalue weighted by atomic mass is 9.93. The van der Waals surface area contributed by atoms with Gasteiger partial charge in [-0.25, -0.2) is 4.68 Å². The SMILES string of the molecule is COc1ccc(Cn2nnnc2[C@H](c2cc(OC)ccc2OC)[NH+]2CCC(C(N)=O)CC2)cc1. The minimum absolute atomic E-state index is 0.105. The van der Waals surface area contributed by atoms with Gasteiger partial charge in [0, 0.05) is 18.8 Å². The summed E-state index contributed by atoms with van der Waals surface area (Å²) in [4.78, 5) is 13.0. The van der Waals surface area contributed by atoms with Crippen molar-refractivity contribution < 1.29 is 23.9 Å². The topological polar surface area (TPSA) is 119 Å². The lowest BCUT2D eigenvalue weighted by Gasteiger charge is -2.34. The van der Waals surface area contributed by atoms with Crippen molar-refractivity contribution in [3.05, 3.63) is 59.4 Å². The van der Waals surface area contributed by atoms with E-state index in [9.17, 15) is 4.79 Å². The molecule has 0 saturated carbocycles. The maximum Gasteiger partial charge on any atom is 0.220 e. The molecule has 1 amide bonds. The molecule has 0 radical (unpaired) electrons. The fourth-order valence-corrected chi connectivity index (χ4v) is 4.60. The van der Waals surface area contributed by atoms with Gasteiger partial charge in [0.25, 0.3) is 0 Å². The Morgan fingerprint density at radius 2 is 1.74 bits per heavy atom. The number of carbonyl (C=O) groups is 1. The third-order valence-corrected chi connectivity index (χ3v) is 6.50. The monoisotopic (exact) mass is 467 g/mol. The number of hydrogen-bond donors (Lipinski definition) is 2. The summed E-state index contributed by atoms with van der Waals surface area (Å²) in [7, 11) is 4.93. The lowest BCUT2D eigenvalue weighted by Crippen LogP contribution is -3.13. The lowest BCUT2D eigenvalue weighted by molar-refractivity contribution is -0.931. The Kier molecular flexibility index (Phi) is 7.27. The molecule has 1 aliphatic rings. The second-order valence-corrected chi connectivity index (χ2v) is 8.42. The van der Waals surface area contributed by atoms with Crippen molar-refractivity contribution in [3.63, 3.8) is 0 Å². The Labute approximate surface area is 198 Å². The zero-order chi connectivity index (χ0) is 24.1. The zero-order valence-corrected chi connectivity index (χ0v) is 19.7. The number of quaternary nitrogens is 1. The van der Waals surface area contributed by atoms with Gasteiger partial charge >= 0.3 is 0 Å². The van der Waals surface area contributed by atoms with Crippen molar-refractivity contribution >= 4 is 5.91 Å². The Balaban J connectivity index is 1.72. The van der Waals surface area contributed by atoms with Crippen LogP contribution < -0.4 is 24.8 Å². The summed E-state index contributed by atoms with van der Waals surface area (Å²) >= 11 is 0. The highest BCUT2D eigenvalue weighted by Gasteiger charge is 2.37. The first-order valence-corrected chi connectivity index (χ1v) is 11.3. The number of benzene rings is 2. The summed E-state index contributed by atoms with van der Waals surface area (Å²) in [6.45, 7) is 2.02. The smallest absolute Gasteiger partial charge is 0.220 e. The predicted molar refractivity (Wildman–Crippen MR) is 124 cm³/mol. The number of carbonyl (C=O) groups excluding carboxylic acids is 1. The normalized spacial score (nSPS) is 18.8. The van der Waals surface area contributed by atoms with Crippen LogP contribution in [0.5, 0.6) is 17.2 Å². The van der Waals surface area contributed by atoms with Crippen LogP contribution in [-0.2, 0) is 11.3 Å². The summed E-state index contributed by atoms with van der Waals surface area (Å²) in [5.41, 5.74) is 7.56. The molecule has 4 rings (SSSR count). The van der Waals surface area contributed by atoms with Crippen LogP contribution in [0.4, 0.5) is 0 Å². The van der Waals surface area contributed by atoms with Crippen molar-refractivity contribution in [2.45, 2.75) is 25.4 Å². The van der Waals surface area contributed by atoms with Crippen molar-refractivity contribution in [1.82, 2.24) is 20.2 Å². The number of methoxy groups -OCH3 is 3. The number of rotatable bonds is 9. The van der Waals surface area contributed by atoms with E-state index < -0.39 is 0 Å². The fraction of sp³-hybridized carbons (Fsp3) is 0.417. The van der Waals surface area contributed by atoms with Crippen LogP contribution in [0, 0.1) is 5.92 Å². The maximum absolute atomic E-state index is 11.7. The molecule has 0 bridgehead atoms. The minimum atomic E-state index is -0.237. The molecule has 2 aromatic carbocycles. The summed E-state index contributed by atoms with van der Waals surface area (Å²) < 4.78 is 18.3. The molecule has 34 heavy (non-hydrogen) atoms. The number of nitrogens with two attached hydrogens (primary N) is 1. The molecule has 180 valence electrons. The van der Waals surface area contributed by atoms with E-state index in [1.807, 2.05) is 47.1 Å². The van der Waals surface area contributed by atoms with Gasteiger partial charge in [-0.05, 0) is 46.3 Å². The number of aromatic nitrogens is 4. The summed E-state index contributed by atoms with van der Waals surface area (Å²) in [5, 5.41) is 12.8. The van der Waals surface area contributed by atoms with Gasteiger partial charge in [-0.1, -0.05) is 12.1 Å². The van der Waals surface area contributed by atoms with Crippen LogP contribution in [0.2, 0.25) is 0 Å². The predicted octanol–water partition coefficient (Wildman–Crippen LogP) is 0.617. The number of primary amides is 1. The average molecular weight is 468 g/mol. The number of nitrogens with one attached hydrogen (secondary N) is 1. The van der Waals surface area contributed by atoms with Crippen LogP contribution in [0.25, 0.3) is 0 Å². The van der Waals surface area contributed by atoms with Crippen LogP contribution >= 0.6 is 0 Å². The Morgan fingerprint density at radius 1 is 1.06 bits per heavy atom. The van der Waals surface area contributed by atoms with Crippen molar-refractivity contribution in [1.29, 1.82) is 0 Å². The summed E-state index contributed by atoms with van der Waals surface area (Å²) in [5.74, 6) is 2.62. The van der Waals surface area contributed by atoms with Crippen LogP contribution in [0.15, 0.2) is 42.5 Å². The number of ether oxygens (including phenoxy) is 3. The zero-order valence-electron chi connectivity index (χ0n) is 19.7. The molecule has 1 saturated heterocycles. The molecule has 1 atom stereocenters. The number of piperidine rings is 1. The quantitative estimate of drug-likeness (QED) is 0.473. The fourth-order valence-electron chi connectivity index (χ4n) is 4.60. The van der Waals surface area contributed by atoms with Gasteiger partial charge in [-0.2, -0.15) is 0 Å². The second kappa shape index (κ2) is 10.5. The Morgan fingerprint density at radius 3 is 2.35 bits per heavy atom. The van der Waals surface area contributed by atoms with E-state index in [4.69, 9.17) is 19.9 Å². The minimum Gasteiger partial charge on any atom is -0.497 e. The molecule has 10 heteroatoms. The largest absolute Gasteiger partial charge is 0.497 e. The van der Waals surface area contributed by atoms with Gasteiger partial charge < -0.3 is 24.8 Å². The first-order chi connectivity index (χ1) is 16.5. The highest BCUT2D eigenvalue weighted by molar-refractivity contribution is 5.76. The molecule has 1 aliphatic heterocycles. The van der Waals surface area contributed by atoms with Crippen molar-refractivity contribution in [3.8, 4) is 17.2 Å². The molecule has 2 heterocycles. The van der Waals surface area contributed by atoms with E-state index in [0.717, 1.165) is 47.3 Å². The Bertz CT molecular complexity index is 1110. The van der Waals surface area contributed by atoms with Crippen molar-refractivity contribution in [2.24, 2.45) is 11.7 Å². The van der Waals surface area contributed by atoms with E-state index in [0.29, 0.717) is 19.4 Å². The van der Waals surface area contributed by atoms with Gasteiger partial charge in [0.15, 0.2) is 6.04 Å². The first kappa shape index (κ1) is 23.5.